The van der Waals surface area contributed by atoms with Gasteiger partial charge in [0.05, 0.1) is 12.7 Å². The highest BCUT2D eigenvalue weighted by Crippen LogP contribution is 2.22. The van der Waals surface area contributed by atoms with Crippen molar-refractivity contribution in [2.24, 2.45) is 10.9 Å². The SMILES string of the molecule is COc1ccc(CNC(=O)CO/N=C(/N)c2cccnc2Oc2ccccc2)cc1. The molecule has 0 saturated carbocycles. The van der Waals surface area contributed by atoms with Gasteiger partial charge in [-0.25, -0.2) is 4.98 Å². The van der Waals surface area contributed by atoms with Crippen molar-refractivity contribution in [1.82, 2.24) is 10.3 Å². The number of benzene rings is 2. The van der Waals surface area contributed by atoms with Gasteiger partial charge in [0.1, 0.15) is 11.5 Å². The summed E-state index contributed by atoms with van der Waals surface area (Å²) in [5, 5.41) is 6.55. The molecule has 0 bridgehead atoms. The number of aromatic nitrogens is 1. The summed E-state index contributed by atoms with van der Waals surface area (Å²) < 4.78 is 10.8. The van der Waals surface area contributed by atoms with Crippen LogP contribution in [-0.4, -0.2) is 30.4 Å². The molecule has 0 atom stereocenters. The van der Waals surface area contributed by atoms with E-state index < -0.39 is 0 Å². The monoisotopic (exact) mass is 406 g/mol. The van der Waals surface area contributed by atoms with Crippen LogP contribution in [-0.2, 0) is 16.2 Å². The Kier molecular flexibility index (Phi) is 7.21. The number of rotatable bonds is 9. The van der Waals surface area contributed by atoms with Crippen molar-refractivity contribution in [2.45, 2.75) is 6.54 Å². The van der Waals surface area contributed by atoms with Crippen LogP contribution in [0, 0.1) is 0 Å². The Morgan fingerprint density at radius 1 is 1.03 bits per heavy atom. The molecule has 1 aromatic heterocycles. The summed E-state index contributed by atoms with van der Waals surface area (Å²) in [4.78, 5) is 21.2. The lowest BCUT2D eigenvalue weighted by molar-refractivity contribution is -0.125. The highest BCUT2D eigenvalue weighted by molar-refractivity contribution is 5.99. The minimum Gasteiger partial charge on any atom is -0.497 e. The molecule has 8 heteroatoms. The first-order valence-corrected chi connectivity index (χ1v) is 9.19. The predicted molar refractivity (Wildman–Crippen MR) is 112 cm³/mol. The Hall–Kier alpha value is -4.07. The summed E-state index contributed by atoms with van der Waals surface area (Å²) in [6, 6.07) is 20.0. The molecule has 8 nitrogen and oxygen atoms in total. The molecule has 1 amide bonds. The molecule has 0 aliphatic rings. The van der Waals surface area contributed by atoms with E-state index in [9.17, 15) is 4.79 Å². The zero-order valence-electron chi connectivity index (χ0n) is 16.4. The van der Waals surface area contributed by atoms with Crippen molar-refractivity contribution in [3.05, 3.63) is 84.1 Å². The smallest absolute Gasteiger partial charge is 0.261 e. The van der Waals surface area contributed by atoms with E-state index in [0.717, 1.165) is 11.3 Å². The fraction of sp³-hybridized carbons (Fsp3) is 0.136. The number of methoxy groups -OCH3 is 1. The molecule has 0 aliphatic carbocycles. The van der Waals surface area contributed by atoms with Gasteiger partial charge in [0, 0.05) is 12.7 Å². The van der Waals surface area contributed by atoms with Crippen molar-refractivity contribution in [3.8, 4) is 17.4 Å². The van der Waals surface area contributed by atoms with E-state index in [1.165, 1.54) is 0 Å². The van der Waals surface area contributed by atoms with Crippen LogP contribution in [0.25, 0.3) is 0 Å². The van der Waals surface area contributed by atoms with Gasteiger partial charge in [-0.15, -0.1) is 0 Å². The molecule has 0 fully saturated rings. The van der Waals surface area contributed by atoms with Crippen LogP contribution in [0.15, 0.2) is 78.1 Å². The van der Waals surface area contributed by atoms with Gasteiger partial charge in [0.25, 0.3) is 5.91 Å². The zero-order valence-corrected chi connectivity index (χ0v) is 16.4. The number of amides is 1. The Labute approximate surface area is 174 Å². The van der Waals surface area contributed by atoms with E-state index in [4.69, 9.17) is 20.0 Å². The van der Waals surface area contributed by atoms with Gasteiger partial charge in [-0.3, -0.25) is 4.79 Å². The molecule has 154 valence electrons. The number of pyridine rings is 1. The second-order valence-corrected chi connectivity index (χ2v) is 6.15. The van der Waals surface area contributed by atoms with Crippen LogP contribution in [0.1, 0.15) is 11.1 Å². The number of hydrogen-bond acceptors (Lipinski definition) is 6. The third-order valence-corrected chi connectivity index (χ3v) is 4.01. The largest absolute Gasteiger partial charge is 0.497 e. The number of carbonyl (C=O) groups is 1. The van der Waals surface area contributed by atoms with Gasteiger partial charge in [-0.1, -0.05) is 35.5 Å². The topological polar surface area (TPSA) is 108 Å². The number of nitrogens with zero attached hydrogens (tertiary/aromatic N) is 2. The molecule has 0 spiro atoms. The van der Waals surface area contributed by atoms with E-state index in [1.807, 2.05) is 42.5 Å². The summed E-state index contributed by atoms with van der Waals surface area (Å²) in [5.74, 6) is 1.39. The molecule has 3 aromatic rings. The normalized spacial score (nSPS) is 10.9. The fourth-order valence-electron chi connectivity index (χ4n) is 2.47. The number of hydrogen-bond donors (Lipinski definition) is 2. The van der Waals surface area contributed by atoms with Crippen LogP contribution < -0.4 is 20.5 Å². The number of nitrogens with one attached hydrogen (secondary N) is 1. The highest BCUT2D eigenvalue weighted by atomic mass is 16.6. The van der Waals surface area contributed by atoms with Gasteiger partial charge in [-0.05, 0) is 42.0 Å². The summed E-state index contributed by atoms with van der Waals surface area (Å²) in [7, 11) is 1.60. The summed E-state index contributed by atoms with van der Waals surface area (Å²) >= 11 is 0. The molecule has 1 heterocycles. The minimum atomic E-state index is -0.325. The first-order chi connectivity index (χ1) is 14.7. The predicted octanol–water partition coefficient (Wildman–Crippen LogP) is 2.84. The average Bonchev–Trinajstić information content (AvgIpc) is 2.79. The van der Waals surface area contributed by atoms with E-state index >= 15 is 0 Å². The summed E-state index contributed by atoms with van der Waals surface area (Å²) in [6.07, 6.45) is 1.59. The maximum atomic E-state index is 12.0. The number of nitrogens with two attached hydrogens (primary N) is 1. The number of amidine groups is 1. The molecule has 2 aromatic carbocycles. The Morgan fingerprint density at radius 3 is 2.53 bits per heavy atom. The van der Waals surface area contributed by atoms with Crippen LogP contribution in [0.2, 0.25) is 0 Å². The van der Waals surface area contributed by atoms with E-state index in [1.54, 1.807) is 37.6 Å². The van der Waals surface area contributed by atoms with Crippen LogP contribution in [0.3, 0.4) is 0 Å². The Bertz CT molecular complexity index is 992. The first-order valence-electron chi connectivity index (χ1n) is 9.19. The second-order valence-electron chi connectivity index (χ2n) is 6.15. The number of carbonyl (C=O) groups excluding carboxylic acids is 1. The average molecular weight is 406 g/mol. The minimum absolute atomic E-state index is 0.0528. The molecule has 3 rings (SSSR count). The lowest BCUT2D eigenvalue weighted by Crippen LogP contribution is -2.27. The maximum absolute atomic E-state index is 12.0. The third-order valence-electron chi connectivity index (χ3n) is 4.01. The van der Waals surface area contributed by atoms with Gasteiger partial charge in [0.2, 0.25) is 5.88 Å². The molecule has 0 radical (unpaired) electrons. The van der Waals surface area contributed by atoms with Crippen molar-refractivity contribution in [2.75, 3.05) is 13.7 Å². The Balaban J connectivity index is 1.53. The van der Waals surface area contributed by atoms with Crippen LogP contribution in [0.5, 0.6) is 17.4 Å². The summed E-state index contributed by atoms with van der Waals surface area (Å²) in [5.41, 5.74) is 7.38. The summed E-state index contributed by atoms with van der Waals surface area (Å²) in [6.45, 7) is 0.0923. The number of ether oxygens (including phenoxy) is 2. The van der Waals surface area contributed by atoms with Crippen molar-refractivity contribution >= 4 is 11.7 Å². The Morgan fingerprint density at radius 2 is 1.80 bits per heavy atom. The fourth-order valence-corrected chi connectivity index (χ4v) is 2.47. The zero-order chi connectivity index (χ0) is 21.2. The number of para-hydroxylation sites is 1. The van der Waals surface area contributed by atoms with Gasteiger partial charge >= 0.3 is 0 Å². The van der Waals surface area contributed by atoms with E-state index in [2.05, 4.69) is 15.5 Å². The second kappa shape index (κ2) is 10.5. The standard InChI is InChI=1S/C22H22N4O4/c1-28-17-11-9-16(10-12-17)14-25-20(27)15-29-26-21(23)19-8-5-13-24-22(19)30-18-6-3-2-4-7-18/h2-13H,14-15H2,1H3,(H2,23,26)(H,25,27). The molecular formula is C22H22N4O4. The van der Waals surface area contributed by atoms with Crippen LogP contribution >= 0.6 is 0 Å². The lowest BCUT2D eigenvalue weighted by Gasteiger charge is -2.09. The molecular weight excluding hydrogens is 384 g/mol. The van der Waals surface area contributed by atoms with Gasteiger partial charge < -0.3 is 25.4 Å². The van der Waals surface area contributed by atoms with Crippen LogP contribution in [0.4, 0.5) is 0 Å². The first kappa shape index (κ1) is 20.7. The highest BCUT2D eigenvalue weighted by Gasteiger charge is 2.11. The quantitative estimate of drug-likeness (QED) is 0.321. The molecule has 0 unspecified atom stereocenters. The lowest BCUT2D eigenvalue weighted by atomic mass is 10.2. The number of oxime groups is 1. The third kappa shape index (κ3) is 5.96. The molecule has 0 aliphatic heterocycles. The molecule has 3 N–H and O–H groups in total. The molecule has 0 saturated heterocycles. The van der Waals surface area contributed by atoms with E-state index in [-0.39, 0.29) is 24.2 Å². The van der Waals surface area contributed by atoms with Gasteiger partial charge in [-0.2, -0.15) is 0 Å². The van der Waals surface area contributed by atoms with E-state index in [0.29, 0.717) is 17.9 Å². The van der Waals surface area contributed by atoms with Crippen molar-refractivity contribution < 1.29 is 19.1 Å². The van der Waals surface area contributed by atoms with Crippen molar-refractivity contribution in [3.63, 3.8) is 0 Å². The van der Waals surface area contributed by atoms with Gasteiger partial charge in [0.15, 0.2) is 12.4 Å². The van der Waals surface area contributed by atoms with Crippen molar-refractivity contribution in [1.29, 1.82) is 0 Å². The molecule has 30 heavy (non-hydrogen) atoms. The maximum Gasteiger partial charge on any atom is 0.261 e.